The molecule has 2 aromatic rings. The van der Waals surface area contributed by atoms with Crippen LogP contribution in [-0.4, -0.2) is 16.9 Å². The lowest BCUT2D eigenvalue weighted by atomic mass is 10.0. The topological polar surface area (TPSA) is 81.5 Å². The first-order chi connectivity index (χ1) is 11.8. The first-order valence-electron chi connectivity index (χ1n) is 7.79. The van der Waals surface area contributed by atoms with Gasteiger partial charge < -0.3 is 10.1 Å². The van der Waals surface area contributed by atoms with Crippen molar-refractivity contribution in [2.24, 2.45) is 0 Å². The number of amides is 1. The van der Waals surface area contributed by atoms with Crippen LogP contribution in [0.4, 0.5) is 11.4 Å². The molecule has 1 N–H and O–H groups in total. The number of halogens is 1. The van der Waals surface area contributed by atoms with Crippen LogP contribution in [-0.2, 0) is 4.79 Å². The Labute approximate surface area is 154 Å². The minimum atomic E-state index is -0.716. The van der Waals surface area contributed by atoms with Crippen LogP contribution in [0.15, 0.2) is 46.9 Å². The third-order valence-electron chi connectivity index (χ3n) is 3.65. The van der Waals surface area contributed by atoms with E-state index in [0.29, 0.717) is 21.8 Å². The van der Waals surface area contributed by atoms with Crippen LogP contribution in [0.1, 0.15) is 32.3 Å². The molecule has 0 fully saturated rings. The van der Waals surface area contributed by atoms with E-state index in [1.807, 2.05) is 24.3 Å². The standard InChI is InChI=1S/C18H19BrN2O4/c1-11(2)13-4-7-15(8-5-13)25-12(3)18(22)20-17-9-6-14(21(23)24)10-16(17)19/h4-12H,1-3H3,(H,20,22). The highest BCUT2D eigenvalue weighted by atomic mass is 79.9. The number of rotatable bonds is 6. The third-order valence-corrected chi connectivity index (χ3v) is 4.31. The number of hydrogen-bond donors (Lipinski definition) is 1. The van der Waals surface area contributed by atoms with Gasteiger partial charge >= 0.3 is 0 Å². The summed E-state index contributed by atoms with van der Waals surface area (Å²) in [6, 6.07) is 11.8. The zero-order chi connectivity index (χ0) is 18.6. The first kappa shape index (κ1) is 18.9. The van der Waals surface area contributed by atoms with Crippen molar-refractivity contribution in [2.45, 2.75) is 32.8 Å². The van der Waals surface area contributed by atoms with E-state index in [0.717, 1.165) is 0 Å². The third kappa shape index (κ3) is 5.03. The number of nitrogens with one attached hydrogen (secondary N) is 1. The maximum atomic E-state index is 12.3. The number of carbonyl (C=O) groups excluding carboxylic acids is 1. The second-order valence-corrected chi connectivity index (χ2v) is 6.75. The molecule has 0 heterocycles. The lowest BCUT2D eigenvalue weighted by molar-refractivity contribution is -0.384. The smallest absolute Gasteiger partial charge is 0.270 e. The number of carbonyl (C=O) groups is 1. The van der Waals surface area contributed by atoms with Crippen molar-refractivity contribution in [1.29, 1.82) is 0 Å². The molecule has 0 aromatic heterocycles. The summed E-state index contributed by atoms with van der Waals surface area (Å²) < 4.78 is 6.08. The number of ether oxygens (including phenoxy) is 1. The zero-order valence-electron chi connectivity index (χ0n) is 14.2. The Morgan fingerprint density at radius 2 is 1.80 bits per heavy atom. The highest BCUT2D eigenvalue weighted by Crippen LogP contribution is 2.27. The summed E-state index contributed by atoms with van der Waals surface area (Å²) in [5.74, 6) is 0.687. The van der Waals surface area contributed by atoms with Gasteiger partial charge in [-0.25, -0.2) is 0 Å². The fourth-order valence-corrected chi connectivity index (χ4v) is 2.61. The Balaban J connectivity index is 2.01. The van der Waals surface area contributed by atoms with Gasteiger partial charge in [0.1, 0.15) is 5.75 Å². The number of nitrogens with zero attached hydrogens (tertiary/aromatic N) is 1. The lowest BCUT2D eigenvalue weighted by Gasteiger charge is -2.16. The quantitative estimate of drug-likeness (QED) is 0.546. The zero-order valence-corrected chi connectivity index (χ0v) is 15.7. The van der Waals surface area contributed by atoms with Crippen LogP contribution in [0.3, 0.4) is 0 Å². The summed E-state index contributed by atoms with van der Waals surface area (Å²) in [7, 11) is 0. The van der Waals surface area contributed by atoms with Gasteiger partial charge in [0.05, 0.1) is 10.6 Å². The monoisotopic (exact) mass is 406 g/mol. The first-order valence-corrected chi connectivity index (χ1v) is 8.58. The van der Waals surface area contributed by atoms with Gasteiger partial charge in [-0.05, 0) is 52.5 Å². The summed E-state index contributed by atoms with van der Waals surface area (Å²) in [5.41, 5.74) is 1.58. The number of nitro benzene ring substituents is 1. The maximum absolute atomic E-state index is 12.3. The number of non-ortho nitro benzene ring substituents is 1. The van der Waals surface area contributed by atoms with Gasteiger partial charge in [0.25, 0.3) is 11.6 Å². The summed E-state index contributed by atoms with van der Waals surface area (Å²) in [5, 5.41) is 13.4. The normalized spacial score (nSPS) is 11.9. The Morgan fingerprint density at radius 3 is 2.32 bits per heavy atom. The highest BCUT2D eigenvalue weighted by molar-refractivity contribution is 9.10. The molecule has 0 spiro atoms. The number of hydrogen-bond acceptors (Lipinski definition) is 4. The Bertz CT molecular complexity index is 775. The lowest BCUT2D eigenvalue weighted by Crippen LogP contribution is -2.30. The molecule has 25 heavy (non-hydrogen) atoms. The molecule has 0 aliphatic carbocycles. The molecule has 2 aromatic carbocycles. The van der Waals surface area contributed by atoms with E-state index in [2.05, 4.69) is 35.1 Å². The number of nitro groups is 1. The van der Waals surface area contributed by atoms with E-state index in [1.165, 1.54) is 23.8 Å². The van der Waals surface area contributed by atoms with Crippen molar-refractivity contribution in [3.63, 3.8) is 0 Å². The van der Waals surface area contributed by atoms with Gasteiger partial charge in [0.2, 0.25) is 0 Å². The summed E-state index contributed by atoms with van der Waals surface area (Å²) >= 11 is 3.22. The van der Waals surface area contributed by atoms with Gasteiger partial charge in [-0.3, -0.25) is 14.9 Å². The van der Waals surface area contributed by atoms with Crippen LogP contribution in [0.2, 0.25) is 0 Å². The Morgan fingerprint density at radius 1 is 1.16 bits per heavy atom. The summed E-state index contributed by atoms with van der Waals surface area (Å²) in [6.07, 6.45) is -0.716. The second-order valence-electron chi connectivity index (χ2n) is 5.89. The van der Waals surface area contributed by atoms with E-state index >= 15 is 0 Å². The van der Waals surface area contributed by atoms with Crippen molar-refractivity contribution >= 4 is 33.2 Å². The predicted octanol–water partition coefficient (Wildman–Crippen LogP) is 4.89. The van der Waals surface area contributed by atoms with Gasteiger partial charge in [-0.15, -0.1) is 0 Å². The molecule has 0 saturated heterocycles. The molecule has 0 aliphatic heterocycles. The number of anilines is 1. The summed E-state index contributed by atoms with van der Waals surface area (Å²) in [4.78, 5) is 22.5. The van der Waals surface area contributed by atoms with E-state index in [1.54, 1.807) is 6.92 Å². The molecule has 1 unspecified atom stereocenters. The van der Waals surface area contributed by atoms with Crippen molar-refractivity contribution in [1.82, 2.24) is 0 Å². The van der Waals surface area contributed by atoms with Crippen molar-refractivity contribution < 1.29 is 14.5 Å². The SMILES string of the molecule is CC(Oc1ccc(C(C)C)cc1)C(=O)Nc1ccc([N+](=O)[O-])cc1Br. The van der Waals surface area contributed by atoms with Gasteiger partial charge in [-0.1, -0.05) is 26.0 Å². The molecule has 2 rings (SSSR count). The fraction of sp³-hybridized carbons (Fsp3) is 0.278. The van der Waals surface area contributed by atoms with E-state index < -0.39 is 11.0 Å². The molecule has 6 nitrogen and oxygen atoms in total. The molecule has 7 heteroatoms. The molecule has 1 amide bonds. The molecular weight excluding hydrogens is 388 g/mol. The van der Waals surface area contributed by atoms with Crippen LogP contribution < -0.4 is 10.1 Å². The van der Waals surface area contributed by atoms with E-state index in [9.17, 15) is 14.9 Å². The molecule has 0 bridgehead atoms. The van der Waals surface area contributed by atoms with Gasteiger partial charge in [0.15, 0.2) is 6.10 Å². The molecule has 132 valence electrons. The largest absolute Gasteiger partial charge is 0.481 e. The minimum absolute atomic E-state index is 0.0561. The predicted molar refractivity (Wildman–Crippen MR) is 100 cm³/mol. The minimum Gasteiger partial charge on any atom is -0.481 e. The van der Waals surface area contributed by atoms with Crippen molar-refractivity contribution in [2.75, 3.05) is 5.32 Å². The van der Waals surface area contributed by atoms with Crippen molar-refractivity contribution in [3.8, 4) is 5.75 Å². The van der Waals surface area contributed by atoms with E-state index in [4.69, 9.17) is 4.74 Å². The fourth-order valence-electron chi connectivity index (χ4n) is 2.14. The second kappa shape index (κ2) is 8.11. The highest BCUT2D eigenvalue weighted by Gasteiger charge is 2.17. The van der Waals surface area contributed by atoms with Crippen LogP contribution >= 0.6 is 15.9 Å². The molecular formula is C18H19BrN2O4. The average molecular weight is 407 g/mol. The average Bonchev–Trinajstić information content (AvgIpc) is 2.56. The number of benzene rings is 2. The Kier molecular flexibility index (Phi) is 6.14. The van der Waals surface area contributed by atoms with Crippen molar-refractivity contribution in [3.05, 3.63) is 62.6 Å². The van der Waals surface area contributed by atoms with Crippen LogP contribution in [0.25, 0.3) is 0 Å². The maximum Gasteiger partial charge on any atom is 0.270 e. The van der Waals surface area contributed by atoms with E-state index in [-0.39, 0.29) is 11.6 Å². The molecule has 0 aliphatic rings. The Hall–Kier alpha value is -2.41. The summed E-state index contributed by atoms with van der Waals surface area (Å²) in [6.45, 7) is 5.85. The van der Waals surface area contributed by atoms with Gasteiger partial charge in [-0.2, -0.15) is 0 Å². The van der Waals surface area contributed by atoms with Crippen LogP contribution in [0.5, 0.6) is 5.75 Å². The molecule has 1 atom stereocenters. The van der Waals surface area contributed by atoms with Crippen LogP contribution in [0, 0.1) is 10.1 Å². The molecule has 0 saturated carbocycles. The molecule has 0 radical (unpaired) electrons. The van der Waals surface area contributed by atoms with Gasteiger partial charge in [0, 0.05) is 16.6 Å².